The number of rotatable bonds is 4. The van der Waals surface area contributed by atoms with E-state index in [2.05, 4.69) is 5.32 Å². The van der Waals surface area contributed by atoms with E-state index in [1.165, 1.54) is 6.92 Å². The van der Waals surface area contributed by atoms with Crippen molar-refractivity contribution in [1.82, 2.24) is 5.32 Å². The minimum Gasteiger partial charge on any atom is -0.444 e. The Bertz CT molecular complexity index is 411. The fraction of sp³-hybridized carbons (Fsp3) is 0.900. The Hall–Kier alpha value is -0.990. The van der Waals surface area contributed by atoms with Gasteiger partial charge in [-0.25, -0.2) is 13.2 Å². The molecule has 0 spiro atoms. The summed E-state index contributed by atoms with van der Waals surface area (Å²) in [6.07, 6.45) is -5.66. The molecule has 0 rings (SSSR count). The molecule has 0 aliphatic carbocycles. The largest absolute Gasteiger partial charge is 0.444 e. The third-order valence-corrected chi connectivity index (χ3v) is 3.43. The van der Waals surface area contributed by atoms with E-state index in [4.69, 9.17) is 4.74 Å². The van der Waals surface area contributed by atoms with E-state index < -0.39 is 45.3 Å². The standard InChI is InChI=1S/C10H18F3NO4S/c1-7(14-8(15)18-9(2,3)4)5-19(16,17)6-10(11,12)13/h7H,5-6H2,1-4H3,(H,14,15). The summed E-state index contributed by atoms with van der Waals surface area (Å²) in [6, 6.07) is -0.970. The molecule has 1 unspecified atom stereocenters. The van der Waals surface area contributed by atoms with E-state index in [0.29, 0.717) is 0 Å². The molecule has 0 heterocycles. The molecule has 1 amide bonds. The van der Waals surface area contributed by atoms with Crippen LogP contribution < -0.4 is 5.32 Å². The molecule has 0 aromatic rings. The van der Waals surface area contributed by atoms with Crippen molar-refractivity contribution in [2.75, 3.05) is 11.5 Å². The van der Waals surface area contributed by atoms with E-state index in [9.17, 15) is 26.4 Å². The van der Waals surface area contributed by atoms with Crippen LogP contribution in [0.15, 0.2) is 0 Å². The predicted molar refractivity (Wildman–Crippen MR) is 63.5 cm³/mol. The summed E-state index contributed by atoms with van der Waals surface area (Å²) in [4.78, 5) is 11.3. The number of carbonyl (C=O) groups is 1. The lowest BCUT2D eigenvalue weighted by Gasteiger charge is -2.22. The van der Waals surface area contributed by atoms with E-state index in [-0.39, 0.29) is 0 Å². The lowest BCUT2D eigenvalue weighted by molar-refractivity contribution is -0.106. The zero-order valence-corrected chi connectivity index (χ0v) is 12.0. The Balaban J connectivity index is 4.40. The van der Waals surface area contributed by atoms with Crippen LogP contribution in [0.3, 0.4) is 0 Å². The fourth-order valence-electron chi connectivity index (χ4n) is 1.24. The average molecular weight is 305 g/mol. The van der Waals surface area contributed by atoms with Crippen molar-refractivity contribution >= 4 is 15.9 Å². The molecule has 0 aromatic heterocycles. The minimum atomic E-state index is -4.79. The molecule has 0 aliphatic heterocycles. The summed E-state index contributed by atoms with van der Waals surface area (Å²) in [7, 11) is -4.32. The molecular formula is C10H18F3NO4S. The number of ether oxygens (including phenoxy) is 1. The minimum absolute atomic E-state index is 0.769. The monoisotopic (exact) mass is 305 g/mol. The maximum atomic E-state index is 12.0. The van der Waals surface area contributed by atoms with Gasteiger partial charge in [0.15, 0.2) is 9.84 Å². The van der Waals surface area contributed by atoms with Gasteiger partial charge in [0.25, 0.3) is 0 Å². The van der Waals surface area contributed by atoms with Crippen LogP contribution in [0.4, 0.5) is 18.0 Å². The maximum absolute atomic E-state index is 12.0. The van der Waals surface area contributed by atoms with Crippen molar-refractivity contribution in [2.45, 2.75) is 45.5 Å². The Kier molecular flexibility index (Phi) is 5.66. The van der Waals surface area contributed by atoms with Crippen LogP contribution in [0.25, 0.3) is 0 Å². The van der Waals surface area contributed by atoms with Crippen molar-refractivity contribution in [2.24, 2.45) is 0 Å². The summed E-state index contributed by atoms with van der Waals surface area (Å²) < 4.78 is 63.3. The molecule has 0 radical (unpaired) electrons. The molecule has 1 atom stereocenters. The number of amides is 1. The van der Waals surface area contributed by atoms with Gasteiger partial charge in [0.1, 0.15) is 11.4 Å². The Labute approximate surface area is 110 Å². The van der Waals surface area contributed by atoms with Gasteiger partial charge < -0.3 is 10.1 Å². The van der Waals surface area contributed by atoms with Crippen LogP contribution in [0.2, 0.25) is 0 Å². The van der Waals surface area contributed by atoms with E-state index >= 15 is 0 Å². The highest BCUT2D eigenvalue weighted by molar-refractivity contribution is 7.91. The average Bonchev–Trinajstić information content (AvgIpc) is 1.89. The van der Waals surface area contributed by atoms with Gasteiger partial charge in [0, 0.05) is 6.04 Å². The molecule has 19 heavy (non-hydrogen) atoms. The van der Waals surface area contributed by atoms with Crippen LogP contribution in [-0.2, 0) is 14.6 Å². The Morgan fingerprint density at radius 2 is 1.74 bits per heavy atom. The van der Waals surface area contributed by atoms with Crippen molar-refractivity contribution < 1.29 is 31.1 Å². The first-order chi connectivity index (χ1) is 8.20. The number of sulfone groups is 1. The number of nitrogens with one attached hydrogen (secondary N) is 1. The summed E-state index contributed by atoms with van der Waals surface area (Å²) in [5.74, 6) is -2.70. The fourth-order valence-corrected chi connectivity index (χ4v) is 2.70. The van der Waals surface area contributed by atoms with Crippen LogP contribution in [0.5, 0.6) is 0 Å². The first kappa shape index (κ1) is 18.0. The number of alkyl halides is 3. The quantitative estimate of drug-likeness (QED) is 0.860. The summed E-state index contributed by atoms with van der Waals surface area (Å²) in [5.41, 5.74) is -0.769. The molecule has 5 nitrogen and oxygen atoms in total. The highest BCUT2D eigenvalue weighted by Crippen LogP contribution is 2.18. The first-order valence-corrected chi connectivity index (χ1v) is 7.29. The summed E-state index contributed by atoms with van der Waals surface area (Å²) in [5, 5.41) is 2.17. The van der Waals surface area contributed by atoms with Crippen molar-refractivity contribution in [3.05, 3.63) is 0 Å². The second-order valence-corrected chi connectivity index (χ2v) is 7.33. The molecule has 0 aromatic carbocycles. The molecule has 0 aliphatic rings. The molecule has 9 heteroatoms. The van der Waals surface area contributed by atoms with Gasteiger partial charge in [-0.2, -0.15) is 13.2 Å². The van der Waals surface area contributed by atoms with Crippen LogP contribution in [-0.4, -0.2) is 43.8 Å². The second kappa shape index (κ2) is 5.98. The van der Waals surface area contributed by atoms with Gasteiger partial charge in [-0.3, -0.25) is 0 Å². The molecule has 0 bridgehead atoms. The molecule has 114 valence electrons. The zero-order chi connectivity index (χ0) is 15.5. The number of hydrogen-bond acceptors (Lipinski definition) is 4. The lowest BCUT2D eigenvalue weighted by atomic mass is 10.2. The van der Waals surface area contributed by atoms with Crippen LogP contribution >= 0.6 is 0 Å². The third kappa shape index (κ3) is 10.6. The molecule has 0 saturated heterocycles. The number of halogens is 3. The third-order valence-electron chi connectivity index (χ3n) is 1.65. The van der Waals surface area contributed by atoms with Crippen molar-refractivity contribution in [3.8, 4) is 0 Å². The SMILES string of the molecule is CC(CS(=O)(=O)CC(F)(F)F)NC(=O)OC(C)(C)C. The van der Waals surface area contributed by atoms with E-state index in [1.807, 2.05) is 0 Å². The predicted octanol–water partition coefficient (Wildman–Crippen LogP) is 1.88. The Morgan fingerprint density at radius 1 is 1.26 bits per heavy atom. The van der Waals surface area contributed by atoms with Gasteiger partial charge in [-0.05, 0) is 27.7 Å². The normalized spacial score (nSPS) is 14.9. The number of alkyl carbamates (subject to hydrolysis) is 1. The van der Waals surface area contributed by atoms with Crippen LogP contribution in [0, 0.1) is 0 Å². The smallest absolute Gasteiger partial charge is 0.407 e. The lowest BCUT2D eigenvalue weighted by Crippen LogP contribution is -2.42. The van der Waals surface area contributed by atoms with Crippen LogP contribution in [0.1, 0.15) is 27.7 Å². The number of carbonyl (C=O) groups excluding carboxylic acids is 1. The van der Waals surface area contributed by atoms with Gasteiger partial charge >= 0.3 is 12.3 Å². The molecule has 0 fully saturated rings. The Morgan fingerprint density at radius 3 is 2.11 bits per heavy atom. The maximum Gasteiger partial charge on any atom is 0.407 e. The number of hydrogen-bond donors (Lipinski definition) is 1. The first-order valence-electron chi connectivity index (χ1n) is 5.47. The molecular weight excluding hydrogens is 287 g/mol. The van der Waals surface area contributed by atoms with Gasteiger partial charge in [-0.15, -0.1) is 0 Å². The van der Waals surface area contributed by atoms with Gasteiger partial charge in [0.05, 0.1) is 5.75 Å². The van der Waals surface area contributed by atoms with Gasteiger partial charge in [0.2, 0.25) is 0 Å². The highest BCUT2D eigenvalue weighted by Gasteiger charge is 2.35. The topological polar surface area (TPSA) is 72.5 Å². The van der Waals surface area contributed by atoms with E-state index in [0.717, 1.165) is 0 Å². The van der Waals surface area contributed by atoms with Crippen molar-refractivity contribution in [3.63, 3.8) is 0 Å². The summed E-state index contributed by atoms with van der Waals surface area (Å²) >= 11 is 0. The highest BCUT2D eigenvalue weighted by atomic mass is 32.2. The summed E-state index contributed by atoms with van der Waals surface area (Å²) in [6.45, 7) is 6.12. The van der Waals surface area contributed by atoms with Crippen molar-refractivity contribution in [1.29, 1.82) is 0 Å². The van der Waals surface area contributed by atoms with E-state index in [1.54, 1.807) is 20.8 Å². The molecule has 0 saturated carbocycles. The molecule has 1 N–H and O–H groups in total. The second-order valence-electron chi connectivity index (χ2n) is 5.22. The van der Waals surface area contributed by atoms with Gasteiger partial charge in [-0.1, -0.05) is 0 Å². The zero-order valence-electron chi connectivity index (χ0n) is 11.2.